The van der Waals surface area contributed by atoms with E-state index in [1.165, 1.54) is 88.8 Å². The Morgan fingerprint density at radius 1 is 0.667 bits per heavy atom. The standard InChI is InChI=1S/C21H46O2Si/c1-6-10-11-12-13-14-15-16-17-18-19-21(20-22-5)23-24(7-2,8-3)9-4/h21H,6-20H2,1-5H3. The molecule has 2 nitrogen and oxygen atoms in total. The van der Waals surface area contributed by atoms with Gasteiger partial charge in [-0.3, -0.25) is 0 Å². The van der Waals surface area contributed by atoms with Gasteiger partial charge in [0.2, 0.25) is 0 Å². The van der Waals surface area contributed by atoms with E-state index in [0.29, 0.717) is 6.10 Å². The van der Waals surface area contributed by atoms with Crippen molar-refractivity contribution in [1.29, 1.82) is 0 Å². The molecule has 0 rings (SSSR count). The summed E-state index contributed by atoms with van der Waals surface area (Å²) in [5.74, 6) is 0. The molecule has 3 heteroatoms. The van der Waals surface area contributed by atoms with Crippen molar-refractivity contribution < 1.29 is 9.16 Å². The minimum absolute atomic E-state index is 0.329. The van der Waals surface area contributed by atoms with Crippen LogP contribution < -0.4 is 0 Å². The van der Waals surface area contributed by atoms with Gasteiger partial charge < -0.3 is 9.16 Å². The fourth-order valence-electron chi connectivity index (χ4n) is 3.58. The van der Waals surface area contributed by atoms with E-state index in [4.69, 9.17) is 9.16 Å². The molecule has 0 bridgehead atoms. The molecule has 1 atom stereocenters. The van der Waals surface area contributed by atoms with Crippen molar-refractivity contribution in [3.63, 3.8) is 0 Å². The summed E-state index contributed by atoms with van der Waals surface area (Å²) in [4.78, 5) is 0. The zero-order valence-corrected chi connectivity index (χ0v) is 18.5. The Morgan fingerprint density at radius 3 is 1.54 bits per heavy atom. The quantitative estimate of drug-likeness (QED) is 0.188. The molecule has 0 heterocycles. The molecule has 24 heavy (non-hydrogen) atoms. The molecule has 0 aliphatic heterocycles. The second-order valence-corrected chi connectivity index (χ2v) is 12.1. The van der Waals surface area contributed by atoms with Gasteiger partial charge in [-0.2, -0.15) is 0 Å². The molecule has 0 aliphatic rings. The molecule has 0 aliphatic carbocycles. The minimum Gasteiger partial charge on any atom is -0.412 e. The summed E-state index contributed by atoms with van der Waals surface area (Å²) in [6.07, 6.45) is 15.5. The van der Waals surface area contributed by atoms with Gasteiger partial charge in [0.15, 0.2) is 8.32 Å². The molecular weight excluding hydrogens is 312 g/mol. The monoisotopic (exact) mass is 358 g/mol. The van der Waals surface area contributed by atoms with E-state index in [-0.39, 0.29) is 0 Å². The summed E-state index contributed by atoms with van der Waals surface area (Å²) >= 11 is 0. The summed E-state index contributed by atoms with van der Waals surface area (Å²) in [5.41, 5.74) is 0. The van der Waals surface area contributed by atoms with Crippen LogP contribution in [-0.4, -0.2) is 28.1 Å². The summed E-state index contributed by atoms with van der Waals surface area (Å²) in [6, 6.07) is 3.70. The maximum Gasteiger partial charge on any atom is 0.192 e. The fourth-order valence-corrected chi connectivity index (χ4v) is 6.47. The average Bonchev–Trinajstić information content (AvgIpc) is 2.61. The lowest BCUT2D eigenvalue weighted by Crippen LogP contribution is -2.41. The van der Waals surface area contributed by atoms with Gasteiger partial charge in [-0.1, -0.05) is 91.9 Å². The van der Waals surface area contributed by atoms with Crippen LogP contribution in [0.15, 0.2) is 0 Å². The molecule has 1 unspecified atom stereocenters. The van der Waals surface area contributed by atoms with Crippen LogP contribution >= 0.6 is 0 Å². The van der Waals surface area contributed by atoms with Gasteiger partial charge in [0.25, 0.3) is 0 Å². The van der Waals surface area contributed by atoms with Gasteiger partial charge in [-0.05, 0) is 24.6 Å². The van der Waals surface area contributed by atoms with Crippen LogP contribution in [0.5, 0.6) is 0 Å². The van der Waals surface area contributed by atoms with E-state index < -0.39 is 8.32 Å². The number of methoxy groups -OCH3 is 1. The maximum atomic E-state index is 6.62. The normalized spacial score (nSPS) is 13.4. The first kappa shape index (κ1) is 24.1. The van der Waals surface area contributed by atoms with Crippen LogP contribution in [0, 0.1) is 0 Å². The molecular formula is C21H46O2Si. The highest BCUT2D eigenvalue weighted by molar-refractivity contribution is 6.73. The zero-order chi connectivity index (χ0) is 18.1. The Bertz CT molecular complexity index is 246. The van der Waals surface area contributed by atoms with Crippen molar-refractivity contribution in [2.24, 2.45) is 0 Å². The van der Waals surface area contributed by atoms with Crippen LogP contribution in [0.25, 0.3) is 0 Å². The zero-order valence-electron chi connectivity index (χ0n) is 17.5. The third-order valence-corrected chi connectivity index (χ3v) is 10.3. The number of rotatable bonds is 18. The SMILES string of the molecule is CCCCCCCCCCCCC(COC)O[Si](CC)(CC)CC. The highest BCUT2D eigenvalue weighted by atomic mass is 28.4. The largest absolute Gasteiger partial charge is 0.412 e. The third kappa shape index (κ3) is 11.6. The lowest BCUT2D eigenvalue weighted by atomic mass is 10.0. The first-order valence-electron chi connectivity index (χ1n) is 10.8. The van der Waals surface area contributed by atoms with E-state index >= 15 is 0 Å². The molecule has 0 amide bonds. The van der Waals surface area contributed by atoms with Crippen LogP contribution in [-0.2, 0) is 9.16 Å². The molecule has 0 saturated heterocycles. The van der Waals surface area contributed by atoms with E-state index in [1.807, 2.05) is 7.11 Å². The lowest BCUT2D eigenvalue weighted by Gasteiger charge is -2.33. The molecule has 0 saturated carbocycles. The molecule has 146 valence electrons. The summed E-state index contributed by atoms with van der Waals surface area (Å²) in [5, 5.41) is 0. The summed E-state index contributed by atoms with van der Waals surface area (Å²) < 4.78 is 12.0. The number of hydrogen-bond acceptors (Lipinski definition) is 2. The number of hydrogen-bond donors (Lipinski definition) is 0. The highest BCUT2D eigenvalue weighted by Crippen LogP contribution is 2.25. The molecule has 0 fully saturated rings. The van der Waals surface area contributed by atoms with Gasteiger partial charge >= 0.3 is 0 Å². The van der Waals surface area contributed by atoms with E-state index in [9.17, 15) is 0 Å². The van der Waals surface area contributed by atoms with Gasteiger partial charge in [0.1, 0.15) is 0 Å². The Kier molecular flexibility index (Phi) is 16.7. The first-order chi connectivity index (χ1) is 11.7. The maximum absolute atomic E-state index is 6.62. The Hall–Kier alpha value is 0.137. The second-order valence-electron chi connectivity index (χ2n) is 7.41. The lowest BCUT2D eigenvalue weighted by molar-refractivity contribution is 0.0664. The van der Waals surface area contributed by atoms with Crippen molar-refractivity contribution in [1.82, 2.24) is 0 Å². The molecule has 0 N–H and O–H groups in total. The van der Waals surface area contributed by atoms with Crippen molar-refractivity contribution in [2.75, 3.05) is 13.7 Å². The van der Waals surface area contributed by atoms with E-state index in [0.717, 1.165) is 6.61 Å². The van der Waals surface area contributed by atoms with Gasteiger partial charge in [0.05, 0.1) is 12.7 Å². The summed E-state index contributed by atoms with van der Waals surface area (Å²) in [6.45, 7) is 9.98. The van der Waals surface area contributed by atoms with Gasteiger partial charge in [-0.15, -0.1) is 0 Å². The van der Waals surface area contributed by atoms with E-state index in [1.54, 1.807) is 0 Å². The van der Waals surface area contributed by atoms with Crippen molar-refractivity contribution in [3.05, 3.63) is 0 Å². The van der Waals surface area contributed by atoms with Crippen LogP contribution in [0.3, 0.4) is 0 Å². The molecule has 0 aromatic heterocycles. The smallest absolute Gasteiger partial charge is 0.192 e. The Balaban J connectivity index is 3.82. The molecule has 0 aromatic carbocycles. The summed E-state index contributed by atoms with van der Waals surface area (Å²) in [7, 11) is 0.312. The Morgan fingerprint density at radius 2 is 1.12 bits per heavy atom. The first-order valence-corrected chi connectivity index (χ1v) is 13.4. The minimum atomic E-state index is -1.50. The number of ether oxygens (including phenoxy) is 1. The van der Waals surface area contributed by atoms with Crippen molar-refractivity contribution in [2.45, 2.75) is 123 Å². The van der Waals surface area contributed by atoms with Gasteiger partial charge in [-0.25, -0.2) is 0 Å². The predicted octanol–water partition coefficient (Wildman–Crippen LogP) is 7.33. The van der Waals surface area contributed by atoms with Crippen LogP contribution in [0.2, 0.25) is 18.1 Å². The van der Waals surface area contributed by atoms with Crippen molar-refractivity contribution >= 4 is 8.32 Å². The predicted molar refractivity (Wildman–Crippen MR) is 110 cm³/mol. The van der Waals surface area contributed by atoms with Crippen LogP contribution in [0.1, 0.15) is 98.3 Å². The molecule has 0 aromatic rings. The molecule has 0 spiro atoms. The number of unbranched alkanes of at least 4 members (excludes halogenated alkanes) is 9. The highest BCUT2D eigenvalue weighted by Gasteiger charge is 2.31. The van der Waals surface area contributed by atoms with Crippen LogP contribution in [0.4, 0.5) is 0 Å². The Labute approximate surface area is 154 Å². The fraction of sp³-hybridized carbons (Fsp3) is 1.00. The molecule has 0 radical (unpaired) electrons. The second kappa shape index (κ2) is 16.6. The third-order valence-electron chi connectivity index (χ3n) is 5.58. The van der Waals surface area contributed by atoms with Gasteiger partial charge in [0, 0.05) is 7.11 Å². The van der Waals surface area contributed by atoms with E-state index in [2.05, 4.69) is 27.7 Å². The topological polar surface area (TPSA) is 18.5 Å². The average molecular weight is 359 g/mol. The van der Waals surface area contributed by atoms with Crippen molar-refractivity contribution in [3.8, 4) is 0 Å².